The van der Waals surface area contributed by atoms with Gasteiger partial charge >= 0.3 is 5.97 Å². The Kier molecular flexibility index (Phi) is 13.4. The van der Waals surface area contributed by atoms with Crippen LogP contribution in [0.15, 0.2) is 59.0 Å². The second kappa shape index (κ2) is 15.9. The minimum absolute atomic E-state index is 0. The molecule has 0 radical (unpaired) electrons. The lowest BCUT2D eigenvalue weighted by atomic mass is 9.91. The Bertz CT molecular complexity index is 1620. The van der Waals surface area contributed by atoms with Crippen molar-refractivity contribution < 1.29 is 27.9 Å². The largest absolute Gasteiger partial charge is 0.480 e. The number of likely N-dealkylation sites (N-methyl/N-ethyl adjacent to an activating group) is 1. The number of amidine groups is 1. The van der Waals surface area contributed by atoms with Gasteiger partial charge in [-0.2, -0.15) is 4.72 Å². The molecule has 2 aliphatic heterocycles. The van der Waals surface area contributed by atoms with Gasteiger partial charge in [0.1, 0.15) is 17.9 Å². The average Bonchev–Trinajstić information content (AvgIpc) is 2.97. The molecule has 2 aliphatic rings. The van der Waals surface area contributed by atoms with Crippen molar-refractivity contribution in [3.63, 3.8) is 0 Å². The summed E-state index contributed by atoms with van der Waals surface area (Å²) in [4.78, 5) is 43.3. The normalized spacial score (nSPS) is 18.6. The van der Waals surface area contributed by atoms with Crippen LogP contribution in [0.5, 0.6) is 0 Å². The summed E-state index contributed by atoms with van der Waals surface area (Å²) in [5.74, 6) is -2.12. The first-order chi connectivity index (χ1) is 20.7. The number of benzene rings is 2. The highest BCUT2D eigenvalue weighted by molar-refractivity contribution is 7.89. The van der Waals surface area contributed by atoms with Crippen molar-refractivity contribution in [1.82, 2.24) is 19.4 Å². The third-order valence-corrected chi connectivity index (χ3v) is 9.76. The van der Waals surface area contributed by atoms with E-state index in [-0.39, 0.29) is 73.3 Å². The Balaban J connectivity index is 0.00000368. The number of carboxylic acid groups (broad SMARTS) is 1. The first-order valence-corrected chi connectivity index (χ1v) is 15.8. The number of halogens is 2. The molecule has 0 saturated heterocycles. The molecule has 0 spiro atoms. The summed E-state index contributed by atoms with van der Waals surface area (Å²) in [5.41, 5.74) is 9.12. The number of carboxylic acids is 1. The van der Waals surface area contributed by atoms with Gasteiger partial charge in [0.15, 0.2) is 0 Å². The maximum Gasteiger partial charge on any atom is 0.326 e. The quantitative estimate of drug-likeness (QED) is 0.166. The highest BCUT2D eigenvalue weighted by Crippen LogP contribution is 2.33. The summed E-state index contributed by atoms with van der Waals surface area (Å²) < 4.78 is 30.4. The Morgan fingerprint density at radius 3 is 2.48 bits per heavy atom. The highest BCUT2D eigenvalue weighted by Gasteiger charge is 2.38. The number of nitrogens with zero attached hydrogens (tertiary/aromatic N) is 3. The molecule has 0 saturated carbocycles. The van der Waals surface area contributed by atoms with E-state index in [1.807, 2.05) is 11.9 Å². The summed E-state index contributed by atoms with van der Waals surface area (Å²) >= 11 is 0. The molecular weight excluding hydrogens is 655 g/mol. The van der Waals surface area contributed by atoms with E-state index in [1.165, 1.54) is 15.9 Å². The Labute approximate surface area is 282 Å². The molecule has 46 heavy (non-hydrogen) atoms. The molecule has 5 N–H and O–H groups in total. The number of hydrogen-bond acceptors (Lipinski definition) is 7. The summed E-state index contributed by atoms with van der Waals surface area (Å²) in [5, 5.41) is 17.7. The zero-order chi connectivity index (χ0) is 32.3. The van der Waals surface area contributed by atoms with Crippen molar-refractivity contribution >= 4 is 58.5 Å². The SMILES string of the molecule is CC1=CCN(C(=O)[C@@H](Cc2cccc(C(=N)N)c2)NS(=O)(=O)c2ccc3c(c2)[C@H](CC(=O)N(C)C)N(C)CC3)[C@@H](C(=O)O)C1.Cl.Cl. The van der Waals surface area contributed by atoms with Gasteiger partial charge in [-0.1, -0.05) is 35.9 Å². The average molecular weight is 698 g/mol. The molecule has 0 aliphatic carbocycles. The molecule has 0 fully saturated rings. The van der Waals surface area contributed by atoms with Crippen LogP contribution in [0.3, 0.4) is 0 Å². The van der Waals surface area contributed by atoms with Crippen LogP contribution >= 0.6 is 24.8 Å². The van der Waals surface area contributed by atoms with E-state index in [4.69, 9.17) is 11.1 Å². The van der Waals surface area contributed by atoms with Gasteiger partial charge in [-0.3, -0.25) is 19.9 Å². The number of sulfonamides is 1. The number of nitrogens with two attached hydrogens (primary N) is 1. The van der Waals surface area contributed by atoms with Crippen LogP contribution in [0, 0.1) is 5.41 Å². The lowest BCUT2D eigenvalue weighted by molar-refractivity contribution is -0.150. The highest BCUT2D eigenvalue weighted by atomic mass is 35.5. The molecule has 0 bridgehead atoms. The van der Waals surface area contributed by atoms with Crippen LogP contribution in [0.1, 0.15) is 48.1 Å². The monoisotopic (exact) mass is 696 g/mol. The topological polar surface area (TPSA) is 177 Å². The van der Waals surface area contributed by atoms with Crippen LogP contribution in [0.2, 0.25) is 0 Å². The number of fused-ring (bicyclic) bond motifs is 1. The smallest absolute Gasteiger partial charge is 0.326 e. The van der Waals surface area contributed by atoms with Gasteiger partial charge in [0, 0.05) is 45.2 Å². The lowest BCUT2D eigenvalue weighted by Crippen LogP contribution is -2.55. The second-order valence-electron chi connectivity index (χ2n) is 11.7. The maximum atomic E-state index is 14.0. The Hall–Kier alpha value is -3.49. The fourth-order valence-corrected chi connectivity index (χ4v) is 6.89. The molecular formula is C31H42Cl2N6O6S. The van der Waals surface area contributed by atoms with Gasteiger partial charge in [-0.15, -0.1) is 24.8 Å². The van der Waals surface area contributed by atoms with Crippen molar-refractivity contribution in [2.45, 2.75) is 55.6 Å². The minimum atomic E-state index is -4.30. The van der Waals surface area contributed by atoms with Crippen molar-refractivity contribution in [3.8, 4) is 0 Å². The number of hydrogen-bond donors (Lipinski definition) is 4. The van der Waals surface area contributed by atoms with Crippen molar-refractivity contribution in [2.24, 2.45) is 5.73 Å². The second-order valence-corrected chi connectivity index (χ2v) is 13.4. The summed E-state index contributed by atoms with van der Waals surface area (Å²) in [6, 6.07) is 8.57. The molecule has 2 aromatic rings. The van der Waals surface area contributed by atoms with Gasteiger partial charge in [0.05, 0.1) is 4.90 Å². The van der Waals surface area contributed by atoms with E-state index < -0.39 is 34.0 Å². The number of amides is 2. The zero-order valence-electron chi connectivity index (χ0n) is 26.2. The number of nitrogens with one attached hydrogen (secondary N) is 2. The van der Waals surface area contributed by atoms with Gasteiger partial charge in [-0.25, -0.2) is 13.2 Å². The zero-order valence-corrected chi connectivity index (χ0v) is 28.7. The first-order valence-electron chi connectivity index (χ1n) is 14.4. The van der Waals surface area contributed by atoms with Gasteiger partial charge in [-0.05, 0) is 68.1 Å². The first kappa shape index (κ1) is 38.7. The van der Waals surface area contributed by atoms with Crippen molar-refractivity contribution in [2.75, 3.05) is 34.2 Å². The van der Waals surface area contributed by atoms with Crippen LogP contribution in [-0.2, 0) is 37.2 Å². The van der Waals surface area contributed by atoms with Crippen LogP contribution in [0.25, 0.3) is 0 Å². The van der Waals surface area contributed by atoms with E-state index in [9.17, 15) is 27.9 Å². The number of rotatable bonds is 10. The van der Waals surface area contributed by atoms with Gasteiger partial charge in [0.2, 0.25) is 21.8 Å². The molecule has 0 unspecified atom stereocenters. The standard InChI is InChI=1S/C31H40N6O6S.2ClH/c1-19-10-13-37(27(14-19)31(40)41)30(39)25(16-20-6-5-7-22(15-20)29(32)33)34-44(42,43)23-9-8-21-11-12-36(4)26(24(21)17-23)18-28(38)35(2)3;;/h5-10,15,17,25-27,34H,11-14,16,18H2,1-4H3,(H3,32,33)(H,40,41);2*1H/t25-,26+,27-;;/m1../s1. The van der Waals surface area contributed by atoms with Crippen LogP contribution in [0.4, 0.5) is 0 Å². The molecule has 0 aromatic heterocycles. The number of nitrogen functional groups attached to an aromatic ring is 1. The van der Waals surface area contributed by atoms with Gasteiger partial charge in [0.25, 0.3) is 0 Å². The van der Waals surface area contributed by atoms with E-state index >= 15 is 0 Å². The van der Waals surface area contributed by atoms with E-state index in [0.717, 1.165) is 16.7 Å². The van der Waals surface area contributed by atoms with E-state index in [2.05, 4.69) is 4.72 Å². The predicted octanol–water partition coefficient (Wildman–Crippen LogP) is 2.34. The molecule has 15 heteroatoms. The molecule has 2 amide bonds. The van der Waals surface area contributed by atoms with Crippen molar-refractivity contribution in [1.29, 1.82) is 5.41 Å². The van der Waals surface area contributed by atoms with Gasteiger partial charge < -0.3 is 20.6 Å². The summed E-state index contributed by atoms with van der Waals surface area (Å²) in [6.07, 6.45) is 2.66. The molecule has 2 heterocycles. The van der Waals surface area contributed by atoms with Crippen LogP contribution in [-0.4, -0.2) is 98.2 Å². The number of carbonyl (C=O) groups is 3. The molecule has 4 rings (SSSR count). The molecule has 2 aromatic carbocycles. The fourth-order valence-electron chi connectivity index (χ4n) is 5.66. The predicted molar refractivity (Wildman–Crippen MR) is 180 cm³/mol. The summed E-state index contributed by atoms with van der Waals surface area (Å²) in [7, 11) is 0.948. The van der Waals surface area contributed by atoms with Crippen LogP contribution < -0.4 is 10.5 Å². The third-order valence-electron chi connectivity index (χ3n) is 8.29. The Morgan fingerprint density at radius 1 is 1.15 bits per heavy atom. The fraction of sp³-hybridized carbons (Fsp3) is 0.419. The lowest BCUT2D eigenvalue weighted by Gasteiger charge is -2.35. The maximum absolute atomic E-state index is 14.0. The van der Waals surface area contributed by atoms with Crippen molar-refractivity contribution in [3.05, 3.63) is 76.4 Å². The van der Waals surface area contributed by atoms with E-state index in [1.54, 1.807) is 63.5 Å². The number of aliphatic carboxylic acids is 1. The summed E-state index contributed by atoms with van der Waals surface area (Å²) in [6.45, 7) is 2.53. The molecule has 3 atom stereocenters. The minimum Gasteiger partial charge on any atom is -0.480 e. The molecule has 252 valence electrons. The third kappa shape index (κ3) is 8.85. The van der Waals surface area contributed by atoms with E-state index in [0.29, 0.717) is 24.1 Å². The Morgan fingerprint density at radius 2 is 1.85 bits per heavy atom. The number of carbonyl (C=O) groups excluding carboxylic acids is 2. The molecule has 12 nitrogen and oxygen atoms in total.